The topological polar surface area (TPSA) is 75.2 Å². The number of hydrogen-bond donors (Lipinski definition) is 2. The molecule has 0 aliphatic rings. The number of carboxylic acid groups (broad SMARTS) is 1. The number of aliphatic carboxylic acids is 1. The number of carboxylic acids is 1. The summed E-state index contributed by atoms with van der Waals surface area (Å²) in [5, 5.41) is 17.2. The molecule has 3 rings (SSSR count). The van der Waals surface area contributed by atoms with Crippen LogP contribution >= 0.6 is 0 Å². The van der Waals surface area contributed by atoms with Crippen LogP contribution in [0.25, 0.3) is 10.9 Å². The molecule has 28 heavy (non-hydrogen) atoms. The van der Waals surface area contributed by atoms with Gasteiger partial charge in [-0.05, 0) is 42.2 Å². The third-order valence-corrected chi connectivity index (χ3v) is 4.64. The molecule has 144 valence electrons. The van der Waals surface area contributed by atoms with Crippen LogP contribution < -0.4 is 4.74 Å². The van der Waals surface area contributed by atoms with E-state index in [0.29, 0.717) is 0 Å². The molecule has 0 saturated heterocycles. The second kappa shape index (κ2) is 8.62. The van der Waals surface area contributed by atoms with Gasteiger partial charge in [-0.1, -0.05) is 44.0 Å². The first-order valence-electron chi connectivity index (χ1n) is 9.31. The largest absolute Gasteiger partial charge is 0.485 e. The lowest BCUT2D eigenvalue weighted by Crippen LogP contribution is -2.14. The number of carbonyl (C=O) groups is 1. The SMILES string of the molecule is CC#CC(CC(=O)O)c1ccc(OC(c2ccc3cn[nH]c3c2)C(C)C)cc1. The lowest BCUT2D eigenvalue weighted by molar-refractivity contribution is -0.137. The summed E-state index contributed by atoms with van der Waals surface area (Å²) in [4.78, 5) is 11.1. The number of rotatable bonds is 7. The van der Waals surface area contributed by atoms with E-state index in [9.17, 15) is 4.79 Å². The number of aromatic amines is 1. The van der Waals surface area contributed by atoms with Crippen molar-refractivity contribution in [1.82, 2.24) is 10.2 Å². The molecule has 0 aliphatic carbocycles. The van der Waals surface area contributed by atoms with E-state index in [4.69, 9.17) is 9.84 Å². The Balaban J connectivity index is 1.81. The van der Waals surface area contributed by atoms with Crippen LogP contribution in [0, 0.1) is 17.8 Å². The average molecular weight is 376 g/mol. The zero-order chi connectivity index (χ0) is 20.1. The van der Waals surface area contributed by atoms with Gasteiger partial charge in [-0.3, -0.25) is 9.89 Å². The van der Waals surface area contributed by atoms with Crippen LogP contribution in [-0.4, -0.2) is 21.3 Å². The average Bonchev–Trinajstić information content (AvgIpc) is 3.13. The predicted molar refractivity (Wildman–Crippen MR) is 109 cm³/mol. The molecule has 5 nitrogen and oxygen atoms in total. The van der Waals surface area contributed by atoms with E-state index >= 15 is 0 Å². The Kier molecular flexibility index (Phi) is 6.00. The number of benzene rings is 2. The Morgan fingerprint density at radius 1 is 1.18 bits per heavy atom. The normalized spacial score (nSPS) is 13.0. The molecule has 5 heteroatoms. The highest BCUT2D eigenvalue weighted by Crippen LogP contribution is 2.31. The summed E-state index contributed by atoms with van der Waals surface area (Å²) in [5.41, 5.74) is 2.94. The molecule has 0 amide bonds. The summed E-state index contributed by atoms with van der Waals surface area (Å²) < 4.78 is 6.28. The second-order valence-electron chi connectivity index (χ2n) is 7.11. The molecule has 2 aromatic carbocycles. The van der Waals surface area contributed by atoms with Crippen molar-refractivity contribution in [2.24, 2.45) is 5.92 Å². The minimum absolute atomic E-state index is 0.0140. The van der Waals surface area contributed by atoms with E-state index in [-0.39, 0.29) is 24.4 Å². The number of nitrogens with zero attached hydrogens (tertiary/aromatic N) is 1. The van der Waals surface area contributed by atoms with E-state index in [1.807, 2.05) is 30.3 Å². The van der Waals surface area contributed by atoms with Gasteiger partial charge in [-0.25, -0.2) is 0 Å². The van der Waals surface area contributed by atoms with Crippen LogP contribution in [0.4, 0.5) is 0 Å². The highest BCUT2D eigenvalue weighted by molar-refractivity contribution is 5.78. The van der Waals surface area contributed by atoms with Crippen LogP contribution in [-0.2, 0) is 4.79 Å². The van der Waals surface area contributed by atoms with Gasteiger partial charge in [0.25, 0.3) is 0 Å². The summed E-state index contributed by atoms with van der Waals surface area (Å²) in [6.07, 6.45) is 1.68. The van der Waals surface area contributed by atoms with Gasteiger partial charge in [0.15, 0.2) is 0 Å². The third-order valence-electron chi connectivity index (χ3n) is 4.64. The van der Waals surface area contributed by atoms with Crippen molar-refractivity contribution in [1.29, 1.82) is 0 Å². The highest BCUT2D eigenvalue weighted by Gasteiger charge is 2.19. The van der Waals surface area contributed by atoms with Crippen LogP contribution in [0.1, 0.15) is 50.3 Å². The molecule has 1 heterocycles. The summed E-state index contributed by atoms with van der Waals surface area (Å²) in [5.74, 6) is 5.61. The molecule has 0 aliphatic heterocycles. The fraction of sp³-hybridized carbons (Fsp3) is 0.304. The Labute approximate surface area is 164 Å². The van der Waals surface area contributed by atoms with Crippen molar-refractivity contribution in [3.63, 3.8) is 0 Å². The van der Waals surface area contributed by atoms with Gasteiger partial charge in [0.2, 0.25) is 0 Å². The summed E-state index contributed by atoms with van der Waals surface area (Å²) >= 11 is 0. The minimum atomic E-state index is -0.859. The van der Waals surface area contributed by atoms with E-state index < -0.39 is 5.97 Å². The zero-order valence-corrected chi connectivity index (χ0v) is 16.3. The maximum absolute atomic E-state index is 11.1. The standard InChI is InChI=1S/C23H24N2O3/c1-4-5-17(13-22(26)27)16-8-10-20(11-9-16)28-23(15(2)3)18-6-7-19-14-24-25-21(19)12-18/h6-12,14-15,17,23H,13H2,1-3H3,(H,24,25)(H,26,27). The van der Waals surface area contributed by atoms with Crippen LogP contribution in [0.2, 0.25) is 0 Å². The zero-order valence-electron chi connectivity index (χ0n) is 16.3. The number of ether oxygens (including phenoxy) is 1. The molecule has 0 radical (unpaired) electrons. The molecular formula is C23H24N2O3. The molecule has 3 aromatic rings. The molecule has 0 spiro atoms. The first kappa shape index (κ1) is 19.5. The first-order valence-corrected chi connectivity index (χ1v) is 9.31. The minimum Gasteiger partial charge on any atom is -0.485 e. The number of H-pyrrole nitrogens is 1. The van der Waals surface area contributed by atoms with E-state index in [1.165, 1.54) is 0 Å². The smallest absolute Gasteiger partial charge is 0.304 e. The predicted octanol–water partition coefficient (Wildman–Crippen LogP) is 4.92. The third kappa shape index (κ3) is 4.52. The van der Waals surface area contributed by atoms with Crippen LogP contribution in [0.5, 0.6) is 5.75 Å². The molecular weight excluding hydrogens is 352 g/mol. The van der Waals surface area contributed by atoms with Crippen LogP contribution in [0.15, 0.2) is 48.7 Å². The quantitative estimate of drug-likeness (QED) is 0.574. The lowest BCUT2D eigenvalue weighted by atomic mass is 9.96. The number of hydrogen-bond acceptors (Lipinski definition) is 3. The summed E-state index contributed by atoms with van der Waals surface area (Å²) in [6.45, 7) is 5.96. The van der Waals surface area contributed by atoms with E-state index in [1.54, 1.807) is 13.1 Å². The molecule has 0 saturated carbocycles. The van der Waals surface area contributed by atoms with Gasteiger partial charge in [0.1, 0.15) is 11.9 Å². The van der Waals surface area contributed by atoms with Gasteiger partial charge >= 0.3 is 5.97 Å². The van der Waals surface area contributed by atoms with Crippen molar-refractivity contribution in [3.8, 4) is 17.6 Å². The Morgan fingerprint density at radius 3 is 2.54 bits per heavy atom. The first-order chi connectivity index (χ1) is 13.5. The van der Waals surface area contributed by atoms with Crippen molar-refractivity contribution >= 4 is 16.9 Å². The molecule has 0 fully saturated rings. The van der Waals surface area contributed by atoms with Gasteiger partial charge < -0.3 is 9.84 Å². The van der Waals surface area contributed by atoms with Crippen LogP contribution in [0.3, 0.4) is 0 Å². The molecule has 0 bridgehead atoms. The monoisotopic (exact) mass is 376 g/mol. The number of nitrogens with one attached hydrogen (secondary N) is 1. The highest BCUT2D eigenvalue weighted by atomic mass is 16.5. The number of aromatic nitrogens is 2. The Bertz CT molecular complexity index is 1010. The second-order valence-corrected chi connectivity index (χ2v) is 7.11. The molecule has 2 N–H and O–H groups in total. The maximum atomic E-state index is 11.1. The molecule has 2 atom stereocenters. The van der Waals surface area contributed by atoms with E-state index in [0.717, 1.165) is 27.8 Å². The number of fused-ring (bicyclic) bond motifs is 1. The Morgan fingerprint density at radius 2 is 1.89 bits per heavy atom. The Hall–Kier alpha value is -3.26. The van der Waals surface area contributed by atoms with Crippen molar-refractivity contribution < 1.29 is 14.6 Å². The van der Waals surface area contributed by atoms with Crippen molar-refractivity contribution in [2.75, 3.05) is 0 Å². The van der Waals surface area contributed by atoms with Crippen molar-refractivity contribution in [3.05, 3.63) is 59.8 Å². The van der Waals surface area contributed by atoms with Gasteiger partial charge in [-0.2, -0.15) is 5.10 Å². The lowest BCUT2D eigenvalue weighted by Gasteiger charge is -2.23. The summed E-state index contributed by atoms with van der Waals surface area (Å²) in [6, 6.07) is 13.7. The van der Waals surface area contributed by atoms with Gasteiger partial charge in [0, 0.05) is 5.39 Å². The maximum Gasteiger partial charge on any atom is 0.304 e. The van der Waals surface area contributed by atoms with Crippen molar-refractivity contribution in [2.45, 2.75) is 39.2 Å². The van der Waals surface area contributed by atoms with E-state index in [2.05, 4.69) is 48.0 Å². The van der Waals surface area contributed by atoms with Gasteiger partial charge in [-0.15, -0.1) is 5.92 Å². The van der Waals surface area contributed by atoms with Gasteiger partial charge in [0.05, 0.1) is 24.1 Å². The molecule has 2 unspecified atom stereocenters. The fourth-order valence-electron chi connectivity index (χ4n) is 3.25. The molecule has 1 aromatic heterocycles. The summed E-state index contributed by atoms with van der Waals surface area (Å²) in [7, 11) is 0. The fourth-order valence-corrected chi connectivity index (χ4v) is 3.25.